The molecule has 1 aliphatic rings. The highest BCUT2D eigenvalue weighted by Gasteiger charge is 2.35. The van der Waals surface area contributed by atoms with Crippen molar-refractivity contribution in [2.24, 2.45) is 5.92 Å². The highest BCUT2D eigenvalue weighted by Crippen LogP contribution is 2.27. The van der Waals surface area contributed by atoms with E-state index in [1.54, 1.807) is 60.4 Å². The van der Waals surface area contributed by atoms with Crippen molar-refractivity contribution in [3.8, 4) is 11.5 Å². The first kappa shape index (κ1) is 24.1. The molecule has 33 heavy (non-hydrogen) atoms. The molecule has 0 aromatic heterocycles. The number of carbonyl (C=O) groups excluding carboxylic acids is 3. The Balaban J connectivity index is 1.48. The molecular formula is C24H29N3O6. The molecule has 3 rings (SSSR count). The van der Waals surface area contributed by atoms with Crippen molar-refractivity contribution in [3.63, 3.8) is 0 Å². The summed E-state index contributed by atoms with van der Waals surface area (Å²) in [5, 5.41) is 14.7. The molecule has 2 aromatic carbocycles. The van der Waals surface area contributed by atoms with Gasteiger partial charge in [-0.3, -0.25) is 14.4 Å². The lowest BCUT2D eigenvalue weighted by Gasteiger charge is -2.17. The van der Waals surface area contributed by atoms with Crippen LogP contribution in [0, 0.1) is 5.92 Å². The van der Waals surface area contributed by atoms with Crippen molar-refractivity contribution in [1.82, 2.24) is 5.32 Å². The van der Waals surface area contributed by atoms with E-state index in [0.29, 0.717) is 23.7 Å². The van der Waals surface area contributed by atoms with Crippen LogP contribution in [-0.4, -0.2) is 55.2 Å². The number of aliphatic hydroxyl groups excluding tert-OH is 1. The Labute approximate surface area is 192 Å². The zero-order chi connectivity index (χ0) is 23.8. The second-order valence-corrected chi connectivity index (χ2v) is 7.79. The number of carbonyl (C=O) groups is 3. The summed E-state index contributed by atoms with van der Waals surface area (Å²) in [4.78, 5) is 38.2. The summed E-state index contributed by atoms with van der Waals surface area (Å²) in [5.74, 6) is 0.0665. The van der Waals surface area contributed by atoms with Crippen LogP contribution in [0.2, 0.25) is 0 Å². The van der Waals surface area contributed by atoms with Crippen LogP contribution in [-0.2, 0) is 14.4 Å². The van der Waals surface area contributed by atoms with Gasteiger partial charge in [-0.05, 0) is 62.4 Å². The van der Waals surface area contributed by atoms with E-state index in [1.165, 1.54) is 0 Å². The van der Waals surface area contributed by atoms with Gasteiger partial charge in [0.25, 0.3) is 5.91 Å². The smallest absolute Gasteiger partial charge is 0.262 e. The summed E-state index contributed by atoms with van der Waals surface area (Å²) in [6.45, 7) is 4.32. The summed E-state index contributed by atoms with van der Waals surface area (Å²) in [7, 11) is 0. The van der Waals surface area contributed by atoms with Gasteiger partial charge in [-0.25, -0.2) is 0 Å². The van der Waals surface area contributed by atoms with Crippen molar-refractivity contribution >= 4 is 29.1 Å². The molecule has 176 valence electrons. The average Bonchev–Trinajstić information content (AvgIpc) is 3.19. The molecule has 9 nitrogen and oxygen atoms in total. The van der Waals surface area contributed by atoms with Crippen LogP contribution < -0.4 is 25.0 Å². The van der Waals surface area contributed by atoms with Gasteiger partial charge in [-0.15, -0.1) is 0 Å². The Kier molecular flexibility index (Phi) is 8.26. The number of anilines is 2. The molecule has 3 N–H and O–H groups in total. The van der Waals surface area contributed by atoms with Gasteiger partial charge >= 0.3 is 0 Å². The van der Waals surface area contributed by atoms with Crippen molar-refractivity contribution in [3.05, 3.63) is 48.5 Å². The molecule has 2 aromatic rings. The molecule has 0 aliphatic carbocycles. The molecule has 9 heteroatoms. The summed E-state index contributed by atoms with van der Waals surface area (Å²) < 4.78 is 10.9. The lowest BCUT2D eigenvalue weighted by atomic mass is 10.1. The lowest BCUT2D eigenvalue weighted by Crippen LogP contribution is -2.36. The van der Waals surface area contributed by atoms with Crippen molar-refractivity contribution in [2.75, 3.05) is 36.5 Å². The van der Waals surface area contributed by atoms with Gasteiger partial charge in [-0.2, -0.15) is 0 Å². The maximum Gasteiger partial charge on any atom is 0.262 e. The Morgan fingerprint density at radius 3 is 2.36 bits per heavy atom. The number of hydrogen-bond donors (Lipinski definition) is 3. The number of nitrogens with zero attached hydrogens (tertiary/aromatic N) is 1. The first-order valence-corrected chi connectivity index (χ1v) is 10.9. The first-order chi connectivity index (χ1) is 15.9. The molecule has 0 saturated carbocycles. The number of amides is 3. The third-order valence-electron chi connectivity index (χ3n) is 5.03. The number of aliphatic hydroxyl groups is 1. The molecule has 1 fully saturated rings. The minimum Gasteiger partial charge on any atom is -0.494 e. The van der Waals surface area contributed by atoms with Crippen LogP contribution in [0.4, 0.5) is 11.4 Å². The molecule has 0 spiro atoms. The Morgan fingerprint density at radius 1 is 1.09 bits per heavy atom. The van der Waals surface area contributed by atoms with E-state index in [9.17, 15) is 19.5 Å². The summed E-state index contributed by atoms with van der Waals surface area (Å²) in [5.41, 5.74) is 1.29. The maximum absolute atomic E-state index is 12.4. The highest BCUT2D eigenvalue weighted by molar-refractivity contribution is 6.00. The predicted octanol–water partition coefficient (Wildman–Crippen LogP) is 1.95. The fourth-order valence-corrected chi connectivity index (χ4v) is 3.39. The second-order valence-electron chi connectivity index (χ2n) is 7.79. The third-order valence-corrected chi connectivity index (χ3v) is 5.03. The van der Waals surface area contributed by atoms with Gasteiger partial charge in [0.05, 0.1) is 18.6 Å². The van der Waals surface area contributed by atoms with Gasteiger partial charge < -0.3 is 30.1 Å². The van der Waals surface area contributed by atoms with Crippen LogP contribution in [0.25, 0.3) is 0 Å². The molecular weight excluding hydrogens is 426 g/mol. The van der Waals surface area contributed by atoms with Gasteiger partial charge in [0.2, 0.25) is 11.8 Å². The van der Waals surface area contributed by atoms with Crippen LogP contribution in [0.5, 0.6) is 11.5 Å². The monoisotopic (exact) mass is 455 g/mol. The average molecular weight is 456 g/mol. The standard InChI is InChI=1S/C24H29N3O6/c1-3-32-20-8-4-18(5-9-20)26-22(29)15-33-21-10-6-19(7-11-21)27-14-17(12-23(27)30)24(31)25-13-16(2)28/h4-11,16-17,28H,3,12-15H2,1-2H3,(H,25,31)(H,26,29)/t16-,17-/m0/s1. The number of hydrogen-bond acceptors (Lipinski definition) is 6. The van der Waals surface area contributed by atoms with Gasteiger partial charge in [0.15, 0.2) is 6.61 Å². The van der Waals surface area contributed by atoms with E-state index in [4.69, 9.17) is 9.47 Å². The van der Waals surface area contributed by atoms with Gasteiger partial charge in [-0.1, -0.05) is 0 Å². The molecule has 0 unspecified atom stereocenters. The largest absolute Gasteiger partial charge is 0.494 e. The highest BCUT2D eigenvalue weighted by atomic mass is 16.5. The van der Waals surface area contributed by atoms with E-state index in [0.717, 1.165) is 5.75 Å². The SMILES string of the molecule is CCOc1ccc(NC(=O)COc2ccc(N3C[C@@H](C(=O)NC[C@H](C)O)CC3=O)cc2)cc1. The van der Waals surface area contributed by atoms with Crippen LogP contribution in [0.15, 0.2) is 48.5 Å². The Morgan fingerprint density at radius 2 is 1.73 bits per heavy atom. The lowest BCUT2D eigenvalue weighted by molar-refractivity contribution is -0.126. The van der Waals surface area contributed by atoms with Crippen LogP contribution in [0.3, 0.4) is 0 Å². The normalized spacial score (nSPS) is 16.3. The van der Waals surface area contributed by atoms with Crippen molar-refractivity contribution < 1.29 is 29.0 Å². The van der Waals surface area contributed by atoms with E-state index in [-0.39, 0.29) is 43.8 Å². The zero-order valence-electron chi connectivity index (χ0n) is 18.7. The Hall–Kier alpha value is -3.59. The molecule has 0 bridgehead atoms. The molecule has 0 radical (unpaired) electrons. The van der Waals surface area contributed by atoms with Crippen molar-refractivity contribution in [1.29, 1.82) is 0 Å². The summed E-state index contributed by atoms with van der Waals surface area (Å²) in [6.07, 6.45) is -0.520. The number of rotatable bonds is 10. The summed E-state index contributed by atoms with van der Waals surface area (Å²) >= 11 is 0. The van der Waals surface area contributed by atoms with E-state index in [1.807, 2.05) is 6.92 Å². The minimum atomic E-state index is -0.641. The van der Waals surface area contributed by atoms with Gasteiger partial charge in [0, 0.05) is 30.9 Å². The fraction of sp³-hybridized carbons (Fsp3) is 0.375. The molecule has 1 heterocycles. The zero-order valence-corrected chi connectivity index (χ0v) is 18.7. The van der Waals surface area contributed by atoms with Crippen LogP contribution >= 0.6 is 0 Å². The second kappa shape index (κ2) is 11.3. The third kappa shape index (κ3) is 6.95. The van der Waals surface area contributed by atoms with Crippen molar-refractivity contribution in [2.45, 2.75) is 26.4 Å². The fourth-order valence-electron chi connectivity index (χ4n) is 3.39. The number of ether oxygens (including phenoxy) is 2. The number of nitrogens with one attached hydrogen (secondary N) is 2. The number of benzene rings is 2. The summed E-state index contributed by atoms with van der Waals surface area (Å²) in [6, 6.07) is 13.8. The van der Waals surface area contributed by atoms with Crippen LogP contribution in [0.1, 0.15) is 20.3 Å². The quantitative estimate of drug-likeness (QED) is 0.504. The maximum atomic E-state index is 12.4. The molecule has 1 aliphatic heterocycles. The molecule has 2 atom stereocenters. The van der Waals surface area contributed by atoms with E-state index in [2.05, 4.69) is 10.6 Å². The van der Waals surface area contributed by atoms with E-state index < -0.39 is 12.0 Å². The van der Waals surface area contributed by atoms with E-state index >= 15 is 0 Å². The molecule has 3 amide bonds. The first-order valence-electron chi connectivity index (χ1n) is 10.9. The Bertz CT molecular complexity index is 959. The predicted molar refractivity (Wildman–Crippen MR) is 123 cm³/mol. The minimum absolute atomic E-state index is 0.121. The van der Waals surface area contributed by atoms with Gasteiger partial charge in [0.1, 0.15) is 11.5 Å². The topological polar surface area (TPSA) is 117 Å². The molecule has 1 saturated heterocycles.